The van der Waals surface area contributed by atoms with Gasteiger partial charge in [-0.1, -0.05) is 24.3 Å². The number of benzene rings is 2. The van der Waals surface area contributed by atoms with Crippen molar-refractivity contribution in [1.82, 2.24) is 10.9 Å². The lowest BCUT2D eigenvalue weighted by Crippen LogP contribution is -2.56. The fourth-order valence-electron chi connectivity index (χ4n) is 5.64. The van der Waals surface area contributed by atoms with Gasteiger partial charge >= 0.3 is 5.97 Å². The number of methoxy groups -OCH3 is 2. The molecule has 4 atom stereocenters. The molecule has 0 saturated carbocycles. The molecule has 3 aliphatic heterocycles. The Morgan fingerprint density at radius 3 is 2.70 bits per heavy atom. The fourth-order valence-corrected chi connectivity index (χ4v) is 5.64. The highest BCUT2D eigenvalue weighted by atomic mass is 16.5. The van der Waals surface area contributed by atoms with E-state index in [9.17, 15) is 14.9 Å². The van der Waals surface area contributed by atoms with Crippen LogP contribution in [0.15, 0.2) is 53.9 Å². The molecule has 1 amide bonds. The highest BCUT2D eigenvalue weighted by Gasteiger charge is 2.67. The molecule has 1 spiro atoms. The maximum absolute atomic E-state index is 14.4. The first-order valence-electron chi connectivity index (χ1n) is 11.8. The molecule has 2 aromatic carbocycles. The van der Waals surface area contributed by atoms with Crippen molar-refractivity contribution in [3.63, 3.8) is 0 Å². The Morgan fingerprint density at radius 1 is 1.22 bits per heavy atom. The van der Waals surface area contributed by atoms with Gasteiger partial charge < -0.3 is 24.7 Å². The highest BCUT2D eigenvalue weighted by molar-refractivity contribution is 6.13. The fraction of sp³-hybridized carbons (Fsp3) is 0.346. The summed E-state index contributed by atoms with van der Waals surface area (Å²) < 4.78 is 22.0. The van der Waals surface area contributed by atoms with Crippen molar-refractivity contribution in [3.05, 3.63) is 65.0 Å². The largest absolute Gasteiger partial charge is 0.493 e. The van der Waals surface area contributed by atoms with Crippen LogP contribution in [-0.2, 0) is 24.5 Å². The van der Waals surface area contributed by atoms with Crippen LogP contribution in [0.3, 0.4) is 0 Å². The Labute approximate surface area is 213 Å². The van der Waals surface area contributed by atoms with E-state index in [0.717, 1.165) is 5.56 Å². The molecule has 1 fully saturated rings. The molecule has 0 bridgehead atoms. The predicted octanol–water partition coefficient (Wildman–Crippen LogP) is 1.37. The topological polar surface area (TPSA) is 148 Å². The second-order valence-electron chi connectivity index (χ2n) is 8.82. The third kappa shape index (κ3) is 3.48. The Balaban J connectivity index is 1.71. The standard InChI is InChI=1S/C26H27N5O6/c1-4-36-18-10-9-14(11-19(18)34-2)22-21-24(30-29-22)37-23(28)16(12-27)26(21)15-7-5-6-8-17(15)31(25(26)33)13-20(32)35-3/h5-11,21-22,24,29-30H,4,13,28H2,1-3H3. The average Bonchev–Trinajstić information content (AvgIpc) is 3.43. The van der Waals surface area contributed by atoms with Gasteiger partial charge in [0, 0.05) is 5.69 Å². The van der Waals surface area contributed by atoms with E-state index in [2.05, 4.69) is 16.9 Å². The summed E-state index contributed by atoms with van der Waals surface area (Å²) in [4.78, 5) is 28.0. The molecule has 0 aliphatic carbocycles. The maximum Gasteiger partial charge on any atom is 0.325 e. The molecule has 4 unspecified atom stereocenters. The zero-order valence-electron chi connectivity index (χ0n) is 20.6. The number of hydrogen-bond acceptors (Lipinski definition) is 10. The van der Waals surface area contributed by atoms with Gasteiger partial charge in [-0.25, -0.2) is 10.9 Å². The molecule has 11 heteroatoms. The molecular weight excluding hydrogens is 478 g/mol. The van der Waals surface area contributed by atoms with E-state index in [4.69, 9.17) is 24.7 Å². The second kappa shape index (κ2) is 9.31. The van der Waals surface area contributed by atoms with Gasteiger partial charge in [-0.3, -0.25) is 14.5 Å². The zero-order chi connectivity index (χ0) is 26.3. The molecular formula is C26H27N5O6. The maximum atomic E-state index is 14.4. The number of nitriles is 1. The van der Waals surface area contributed by atoms with E-state index >= 15 is 0 Å². The number of hydrazine groups is 1. The first-order valence-corrected chi connectivity index (χ1v) is 11.8. The van der Waals surface area contributed by atoms with Crippen LogP contribution in [0.25, 0.3) is 0 Å². The molecule has 3 aliphatic rings. The number of rotatable bonds is 6. The number of fused-ring (bicyclic) bond motifs is 4. The van der Waals surface area contributed by atoms with Gasteiger partial charge in [0.15, 0.2) is 17.7 Å². The van der Waals surface area contributed by atoms with Crippen molar-refractivity contribution in [2.45, 2.75) is 24.6 Å². The number of esters is 1. The van der Waals surface area contributed by atoms with Crippen molar-refractivity contribution < 1.29 is 28.5 Å². The van der Waals surface area contributed by atoms with E-state index in [0.29, 0.717) is 29.4 Å². The van der Waals surface area contributed by atoms with Gasteiger partial charge in [0.2, 0.25) is 11.8 Å². The number of nitrogens with zero attached hydrogens (tertiary/aromatic N) is 2. The summed E-state index contributed by atoms with van der Waals surface area (Å²) in [6.07, 6.45) is -0.755. The average molecular weight is 506 g/mol. The monoisotopic (exact) mass is 505 g/mol. The van der Waals surface area contributed by atoms with Gasteiger partial charge in [0.1, 0.15) is 23.6 Å². The third-order valence-corrected chi connectivity index (χ3v) is 7.14. The minimum Gasteiger partial charge on any atom is -0.493 e. The van der Waals surface area contributed by atoms with Crippen LogP contribution in [0.4, 0.5) is 5.69 Å². The lowest BCUT2D eigenvalue weighted by atomic mass is 9.61. The van der Waals surface area contributed by atoms with E-state index in [1.165, 1.54) is 12.0 Å². The van der Waals surface area contributed by atoms with E-state index in [-0.39, 0.29) is 18.0 Å². The molecule has 192 valence electrons. The van der Waals surface area contributed by atoms with E-state index < -0.39 is 35.5 Å². The van der Waals surface area contributed by atoms with Gasteiger partial charge in [-0.05, 0) is 36.2 Å². The quantitative estimate of drug-likeness (QED) is 0.492. The van der Waals surface area contributed by atoms with E-state index in [1.54, 1.807) is 37.4 Å². The number of nitrogens with two attached hydrogens (primary N) is 1. The van der Waals surface area contributed by atoms with Crippen LogP contribution in [-0.4, -0.2) is 45.5 Å². The molecule has 0 aromatic heterocycles. The molecule has 3 heterocycles. The van der Waals surface area contributed by atoms with Crippen LogP contribution < -0.4 is 31.0 Å². The van der Waals surface area contributed by atoms with Crippen molar-refractivity contribution in [2.75, 3.05) is 32.3 Å². The normalized spacial score (nSPS) is 25.8. The summed E-state index contributed by atoms with van der Waals surface area (Å²) in [7, 11) is 2.81. The smallest absolute Gasteiger partial charge is 0.325 e. The number of amides is 1. The molecule has 2 aromatic rings. The number of para-hydroxylation sites is 1. The van der Waals surface area contributed by atoms with Gasteiger partial charge in [0.05, 0.1) is 32.8 Å². The summed E-state index contributed by atoms with van der Waals surface area (Å²) in [6, 6.07) is 14.2. The number of carbonyl (C=O) groups is 2. The summed E-state index contributed by atoms with van der Waals surface area (Å²) in [5.41, 5.74) is 12.9. The zero-order valence-corrected chi connectivity index (χ0v) is 20.6. The molecule has 4 N–H and O–H groups in total. The SMILES string of the molecule is CCOc1ccc(C2NNC3OC(N)=C(C#N)C4(C(=O)N(CC(=O)OC)c5ccccc54)C32)cc1OC. The minimum absolute atomic E-state index is 0.00744. The Morgan fingerprint density at radius 2 is 2.00 bits per heavy atom. The first-order chi connectivity index (χ1) is 17.9. The number of ether oxygens (including phenoxy) is 4. The van der Waals surface area contributed by atoms with Crippen LogP contribution in [0.5, 0.6) is 11.5 Å². The molecule has 11 nitrogen and oxygen atoms in total. The molecule has 5 rings (SSSR count). The number of hydrogen-bond donors (Lipinski definition) is 3. The lowest BCUT2D eigenvalue weighted by Gasteiger charge is -2.42. The summed E-state index contributed by atoms with van der Waals surface area (Å²) in [5, 5.41) is 10.3. The third-order valence-electron chi connectivity index (χ3n) is 7.14. The number of carbonyl (C=O) groups excluding carboxylic acids is 2. The molecule has 37 heavy (non-hydrogen) atoms. The summed E-state index contributed by atoms with van der Waals surface area (Å²) in [6.45, 7) is 2.04. The van der Waals surface area contributed by atoms with Crippen molar-refractivity contribution in [3.8, 4) is 17.6 Å². The van der Waals surface area contributed by atoms with E-state index in [1.807, 2.05) is 19.1 Å². The van der Waals surface area contributed by atoms with Gasteiger partial charge in [-0.15, -0.1) is 0 Å². The molecule has 1 saturated heterocycles. The summed E-state index contributed by atoms with van der Waals surface area (Å²) >= 11 is 0. The van der Waals surface area contributed by atoms with Crippen molar-refractivity contribution >= 4 is 17.6 Å². The van der Waals surface area contributed by atoms with Crippen LogP contribution in [0, 0.1) is 17.2 Å². The van der Waals surface area contributed by atoms with Crippen molar-refractivity contribution in [2.24, 2.45) is 11.7 Å². The predicted molar refractivity (Wildman–Crippen MR) is 131 cm³/mol. The summed E-state index contributed by atoms with van der Waals surface area (Å²) in [5.74, 6) is -0.741. The lowest BCUT2D eigenvalue weighted by molar-refractivity contribution is -0.140. The van der Waals surface area contributed by atoms with Crippen LogP contribution in [0.1, 0.15) is 24.1 Å². The van der Waals surface area contributed by atoms with Gasteiger partial charge in [0.25, 0.3) is 0 Å². The number of anilines is 1. The van der Waals surface area contributed by atoms with Gasteiger partial charge in [-0.2, -0.15) is 5.26 Å². The Kier molecular flexibility index (Phi) is 6.15. The number of nitrogens with one attached hydrogen (secondary N) is 2. The van der Waals surface area contributed by atoms with Crippen molar-refractivity contribution in [1.29, 1.82) is 5.26 Å². The molecule has 0 radical (unpaired) electrons. The minimum atomic E-state index is -1.53. The van der Waals surface area contributed by atoms with Crippen LogP contribution >= 0.6 is 0 Å². The Bertz CT molecular complexity index is 1340. The first kappa shape index (κ1) is 24.4. The second-order valence-corrected chi connectivity index (χ2v) is 8.82. The Hall–Kier alpha value is -4.27. The highest BCUT2D eigenvalue weighted by Crippen LogP contribution is 2.58. The van der Waals surface area contributed by atoms with Crippen LogP contribution in [0.2, 0.25) is 0 Å².